The van der Waals surface area contributed by atoms with E-state index >= 15 is 0 Å². The van der Waals surface area contributed by atoms with E-state index in [9.17, 15) is 4.39 Å². The molecule has 0 unspecified atom stereocenters. The number of aryl methyl sites for hydroxylation is 1. The third-order valence-corrected chi connectivity index (χ3v) is 4.98. The Hall–Kier alpha value is -2.09. The quantitative estimate of drug-likeness (QED) is 0.438. The van der Waals surface area contributed by atoms with Gasteiger partial charge in [0, 0.05) is 17.4 Å². The Labute approximate surface area is 149 Å². The summed E-state index contributed by atoms with van der Waals surface area (Å²) in [5.41, 5.74) is 5.42. The second kappa shape index (κ2) is 8.33. The van der Waals surface area contributed by atoms with Crippen LogP contribution in [0.25, 0.3) is 11.0 Å². The molecule has 0 bridgehead atoms. The van der Waals surface area contributed by atoms with Gasteiger partial charge in [0.25, 0.3) is 0 Å². The lowest BCUT2D eigenvalue weighted by Crippen LogP contribution is -2.05. The number of furan rings is 1. The molecule has 3 aromatic rings. The van der Waals surface area contributed by atoms with Gasteiger partial charge in [-0.3, -0.25) is 0 Å². The molecule has 0 fully saturated rings. The van der Waals surface area contributed by atoms with Gasteiger partial charge in [-0.25, -0.2) is 4.39 Å². The summed E-state index contributed by atoms with van der Waals surface area (Å²) in [4.78, 5) is 0. The number of unbranched alkanes of at least 4 members (excludes halogenated alkanes) is 2. The minimum atomic E-state index is -0.0588. The van der Waals surface area contributed by atoms with Gasteiger partial charge in [-0.05, 0) is 54.5 Å². The van der Waals surface area contributed by atoms with Gasteiger partial charge >= 0.3 is 0 Å². The van der Waals surface area contributed by atoms with Crippen LogP contribution in [0, 0.1) is 5.82 Å². The molecule has 1 nitrogen and oxygen atoms in total. The molecule has 0 saturated heterocycles. The predicted molar refractivity (Wildman–Crippen MR) is 103 cm³/mol. The van der Waals surface area contributed by atoms with Crippen molar-refractivity contribution < 1.29 is 8.81 Å². The summed E-state index contributed by atoms with van der Waals surface area (Å²) in [6.45, 7) is 4.35. The van der Waals surface area contributed by atoms with Crippen molar-refractivity contribution in [2.24, 2.45) is 0 Å². The SMILES string of the molecule is CCCCc1ccc(F)c(CCCC)c1Cc1coc2ccccc12. The Balaban J connectivity index is 2.02. The van der Waals surface area contributed by atoms with Crippen LogP contribution in [0.4, 0.5) is 4.39 Å². The molecule has 0 spiro atoms. The maximum Gasteiger partial charge on any atom is 0.134 e. The van der Waals surface area contributed by atoms with Gasteiger partial charge < -0.3 is 4.42 Å². The fourth-order valence-electron chi connectivity index (χ4n) is 3.52. The second-order valence-corrected chi connectivity index (χ2v) is 6.80. The van der Waals surface area contributed by atoms with Crippen LogP contribution in [0.1, 0.15) is 61.8 Å². The van der Waals surface area contributed by atoms with Crippen molar-refractivity contribution in [1.82, 2.24) is 0 Å². The smallest absolute Gasteiger partial charge is 0.134 e. The number of rotatable bonds is 8. The molecular weight excluding hydrogens is 311 g/mol. The van der Waals surface area contributed by atoms with Crippen molar-refractivity contribution in [2.45, 2.75) is 58.8 Å². The molecule has 0 saturated carbocycles. The normalized spacial score (nSPS) is 11.3. The number of benzene rings is 2. The van der Waals surface area contributed by atoms with Gasteiger partial charge in [0.15, 0.2) is 0 Å². The summed E-state index contributed by atoms with van der Waals surface area (Å²) in [6, 6.07) is 11.7. The number of fused-ring (bicyclic) bond motifs is 1. The van der Waals surface area contributed by atoms with Gasteiger partial charge in [-0.15, -0.1) is 0 Å². The molecule has 0 radical (unpaired) electrons. The first kappa shape index (κ1) is 17.7. The molecule has 3 rings (SSSR count). The lowest BCUT2D eigenvalue weighted by atomic mass is 9.89. The zero-order chi connectivity index (χ0) is 17.6. The Morgan fingerprint density at radius 1 is 0.840 bits per heavy atom. The van der Waals surface area contributed by atoms with Crippen LogP contribution in [0.5, 0.6) is 0 Å². The molecule has 0 aliphatic carbocycles. The number of hydrogen-bond acceptors (Lipinski definition) is 1. The van der Waals surface area contributed by atoms with Crippen molar-refractivity contribution >= 4 is 11.0 Å². The number of para-hydroxylation sites is 1. The molecule has 2 heteroatoms. The zero-order valence-corrected chi connectivity index (χ0v) is 15.3. The Morgan fingerprint density at radius 3 is 2.40 bits per heavy atom. The fourth-order valence-corrected chi connectivity index (χ4v) is 3.52. The largest absolute Gasteiger partial charge is 0.464 e. The Kier molecular flexibility index (Phi) is 5.91. The minimum Gasteiger partial charge on any atom is -0.464 e. The standard InChI is InChI=1S/C23H27FO/c1-3-5-9-17-13-14-22(24)20(10-6-4-2)21(17)15-18-16-25-23-12-8-7-11-19(18)23/h7-8,11-14,16H,3-6,9-10,15H2,1-2H3. The average molecular weight is 338 g/mol. The van der Waals surface area contributed by atoms with E-state index in [0.29, 0.717) is 0 Å². The zero-order valence-electron chi connectivity index (χ0n) is 15.3. The van der Waals surface area contributed by atoms with Gasteiger partial charge in [0.05, 0.1) is 6.26 Å². The molecular formula is C23H27FO. The summed E-state index contributed by atoms with van der Waals surface area (Å²) in [5.74, 6) is -0.0588. The van der Waals surface area contributed by atoms with Gasteiger partial charge in [0.1, 0.15) is 11.4 Å². The van der Waals surface area contributed by atoms with Crippen LogP contribution in [0.3, 0.4) is 0 Å². The molecule has 0 atom stereocenters. The molecule has 0 aliphatic rings. The van der Waals surface area contributed by atoms with E-state index in [1.807, 2.05) is 30.5 Å². The highest BCUT2D eigenvalue weighted by Gasteiger charge is 2.16. The van der Waals surface area contributed by atoms with E-state index in [2.05, 4.69) is 19.9 Å². The summed E-state index contributed by atoms with van der Waals surface area (Å²) in [5, 5.41) is 1.13. The number of hydrogen-bond donors (Lipinski definition) is 0. The third-order valence-electron chi connectivity index (χ3n) is 4.98. The van der Waals surface area contributed by atoms with E-state index < -0.39 is 0 Å². The van der Waals surface area contributed by atoms with Crippen LogP contribution in [-0.4, -0.2) is 0 Å². The van der Waals surface area contributed by atoms with E-state index in [0.717, 1.165) is 67.0 Å². The second-order valence-electron chi connectivity index (χ2n) is 6.80. The minimum absolute atomic E-state index is 0.0588. The van der Waals surface area contributed by atoms with Crippen molar-refractivity contribution in [2.75, 3.05) is 0 Å². The summed E-state index contributed by atoms with van der Waals surface area (Å²) >= 11 is 0. The lowest BCUT2D eigenvalue weighted by Gasteiger charge is -2.16. The molecule has 132 valence electrons. The van der Waals surface area contributed by atoms with Crippen LogP contribution >= 0.6 is 0 Å². The first-order valence-corrected chi connectivity index (χ1v) is 9.48. The fraction of sp³-hybridized carbons (Fsp3) is 0.391. The molecule has 2 aromatic carbocycles. The van der Waals surface area contributed by atoms with Gasteiger partial charge in [-0.1, -0.05) is 51.0 Å². The van der Waals surface area contributed by atoms with Crippen molar-refractivity contribution in [1.29, 1.82) is 0 Å². The molecule has 25 heavy (non-hydrogen) atoms. The Bertz CT molecular complexity index is 831. The van der Waals surface area contributed by atoms with Gasteiger partial charge in [0.2, 0.25) is 0 Å². The van der Waals surface area contributed by atoms with Gasteiger partial charge in [-0.2, -0.15) is 0 Å². The van der Waals surface area contributed by atoms with Crippen LogP contribution in [0.2, 0.25) is 0 Å². The molecule has 1 aromatic heterocycles. The monoisotopic (exact) mass is 338 g/mol. The van der Waals surface area contributed by atoms with Crippen molar-refractivity contribution in [3.63, 3.8) is 0 Å². The highest BCUT2D eigenvalue weighted by atomic mass is 19.1. The molecule has 1 heterocycles. The predicted octanol–water partition coefficient (Wildman–Crippen LogP) is 6.85. The first-order valence-electron chi connectivity index (χ1n) is 9.48. The summed E-state index contributed by atoms with van der Waals surface area (Å²) in [6.07, 6.45) is 8.79. The van der Waals surface area contributed by atoms with Crippen molar-refractivity contribution in [3.05, 3.63) is 70.7 Å². The van der Waals surface area contributed by atoms with E-state index in [4.69, 9.17) is 4.42 Å². The van der Waals surface area contributed by atoms with Crippen LogP contribution in [-0.2, 0) is 19.3 Å². The maximum absolute atomic E-state index is 14.6. The highest BCUT2D eigenvalue weighted by molar-refractivity contribution is 5.81. The van der Waals surface area contributed by atoms with E-state index in [-0.39, 0.29) is 5.82 Å². The lowest BCUT2D eigenvalue weighted by molar-refractivity contribution is 0.595. The highest BCUT2D eigenvalue weighted by Crippen LogP contribution is 2.29. The third kappa shape index (κ3) is 3.95. The topological polar surface area (TPSA) is 13.1 Å². The first-order chi connectivity index (χ1) is 12.2. The summed E-state index contributed by atoms with van der Waals surface area (Å²) in [7, 11) is 0. The van der Waals surface area contributed by atoms with Crippen molar-refractivity contribution in [3.8, 4) is 0 Å². The average Bonchev–Trinajstić information content (AvgIpc) is 3.04. The summed E-state index contributed by atoms with van der Waals surface area (Å²) < 4.78 is 20.3. The molecule has 0 aliphatic heterocycles. The Morgan fingerprint density at radius 2 is 1.60 bits per heavy atom. The van der Waals surface area contributed by atoms with E-state index in [1.165, 1.54) is 11.1 Å². The molecule has 0 amide bonds. The van der Waals surface area contributed by atoms with E-state index in [1.54, 1.807) is 6.07 Å². The molecule has 0 N–H and O–H groups in total. The maximum atomic E-state index is 14.6. The van der Waals surface area contributed by atoms with Crippen LogP contribution < -0.4 is 0 Å². The number of halogens is 1. The van der Waals surface area contributed by atoms with Crippen LogP contribution in [0.15, 0.2) is 47.1 Å².